The molecule has 0 amide bonds. The third kappa shape index (κ3) is 6.61. The Labute approximate surface area is 464 Å². The van der Waals surface area contributed by atoms with E-state index in [9.17, 15) is 0 Å². The van der Waals surface area contributed by atoms with Crippen LogP contribution in [-0.2, 0) is 16.2 Å². The van der Waals surface area contributed by atoms with Crippen molar-refractivity contribution in [3.05, 3.63) is 252 Å². The molecular formula is C79H60. The lowest BCUT2D eigenvalue weighted by Gasteiger charge is -2.24. The number of rotatable bonds is 5. The van der Waals surface area contributed by atoms with E-state index < -0.39 is 0 Å². The van der Waals surface area contributed by atoms with Crippen LogP contribution in [0.15, 0.2) is 218 Å². The number of benzene rings is 13. The lowest BCUT2D eigenvalue weighted by atomic mass is 9.79. The molecule has 0 unspecified atom stereocenters. The van der Waals surface area contributed by atoms with Crippen LogP contribution in [0.2, 0.25) is 0 Å². The van der Waals surface area contributed by atoms with E-state index in [1.165, 1.54) is 177 Å². The van der Waals surface area contributed by atoms with Crippen molar-refractivity contribution in [2.75, 3.05) is 0 Å². The maximum Gasteiger partial charge on any atom is 0.0159 e. The van der Waals surface area contributed by atoms with Gasteiger partial charge in [0.2, 0.25) is 0 Å². The van der Waals surface area contributed by atoms with E-state index in [4.69, 9.17) is 0 Å². The summed E-state index contributed by atoms with van der Waals surface area (Å²) in [6.45, 7) is 18.8. The molecule has 0 heteroatoms. The molecule has 0 saturated heterocycles. The van der Waals surface area contributed by atoms with Crippen LogP contribution in [0, 0.1) is 6.92 Å². The summed E-state index contributed by atoms with van der Waals surface area (Å²) in [5.41, 5.74) is 31.4. The van der Waals surface area contributed by atoms with E-state index >= 15 is 0 Å². The first kappa shape index (κ1) is 46.3. The van der Waals surface area contributed by atoms with Gasteiger partial charge in [-0.25, -0.2) is 0 Å². The first-order valence-electron chi connectivity index (χ1n) is 28.4. The van der Waals surface area contributed by atoms with Crippen molar-refractivity contribution in [2.24, 2.45) is 0 Å². The van der Waals surface area contributed by atoms with Crippen LogP contribution in [0.25, 0.3) is 143 Å². The number of hydrogen-bond donors (Lipinski definition) is 0. The van der Waals surface area contributed by atoms with Crippen molar-refractivity contribution < 1.29 is 0 Å². The third-order valence-corrected chi connectivity index (χ3v) is 19.1. The van der Waals surface area contributed by atoms with Crippen LogP contribution in [0.3, 0.4) is 0 Å². The van der Waals surface area contributed by atoms with Gasteiger partial charge in [0.25, 0.3) is 0 Å². The highest BCUT2D eigenvalue weighted by Crippen LogP contribution is 2.55. The molecule has 13 aromatic carbocycles. The molecule has 3 aliphatic carbocycles. The minimum atomic E-state index is -0.160. The van der Waals surface area contributed by atoms with Gasteiger partial charge >= 0.3 is 0 Å². The standard InChI is InChI=1S/C79H60/c1-45-38-69(68-35-29-55-40-56(77(2,3)4)39-54-28-30-57(45)76(68)74(54)55)49-22-18-47(19-23-49)51-25-32-62-64-34-27-53(44-73(64)79(7,8)71(62)42-51)52-26-33-63-61-31-24-50(41-70(61)78(5,6)72(63)43-52)46-16-20-48(21-17-46)58-36-37-67-60-13-10-9-12-59(60)66-15-11-14-65(58)75(66)67/h9-44H,1-8H3. The molecule has 0 aliphatic heterocycles. The summed E-state index contributed by atoms with van der Waals surface area (Å²) in [6, 6.07) is 84.1. The van der Waals surface area contributed by atoms with Gasteiger partial charge in [-0.3, -0.25) is 0 Å². The highest BCUT2D eigenvalue weighted by molar-refractivity contribution is 6.26. The van der Waals surface area contributed by atoms with Gasteiger partial charge in [0, 0.05) is 10.8 Å². The van der Waals surface area contributed by atoms with Gasteiger partial charge in [0.1, 0.15) is 0 Å². The summed E-state index contributed by atoms with van der Waals surface area (Å²) in [6.07, 6.45) is 0. The summed E-state index contributed by atoms with van der Waals surface area (Å²) < 4.78 is 0. The second-order valence-electron chi connectivity index (χ2n) is 25.3. The molecule has 376 valence electrons. The minimum absolute atomic E-state index is 0.0890. The molecule has 0 heterocycles. The number of hydrogen-bond acceptors (Lipinski definition) is 0. The topological polar surface area (TPSA) is 0 Å². The maximum atomic E-state index is 2.48. The Hall–Kier alpha value is -8.84. The van der Waals surface area contributed by atoms with E-state index in [1.807, 2.05) is 0 Å². The van der Waals surface area contributed by atoms with Gasteiger partial charge in [-0.1, -0.05) is 243 Å². The van der Waals surface area contributed by atoms with E-state index in [0.29, 0.717) is 0 Å². The fourth-order valence-electron chi connectivity index (χ4n) is 14.7. The second kappa shape index (κ2) is 16.1. The van der Waals surface area contributed by atoms with E-state index in [2.05, 4.69) is 274 Å². The zero-order valence-electron chi connectivity index (χ0n) is 46.3. The van der Waals surface area contributed by atoms with E-state index in [0.717, 1.165) is 0 Å². The lowest BCUT2D eigenvalue weighted by Crippen LogP contribution is -2.15. The van der Waals surface area contributed by atoms with Gasteiger partial charge in [0.15, 0.2) is 0 Å². The molecule has 0 saturated carbocycles. The Morgan fingerprint density at radius 1 is 0.266 bits per heavy atom. The zero-order chi connectivity index (χ0) is 53.4. The fourth-order valence-corrected chi connectivity index (χ4v) is 14.7. The van der Waals surface area contributed by atoms with Crippen LogP contribution >= 0.6 is 0 Å². The first-order valence-corrected chi connectivity index (χ1v) is 28.4. The minimum Gasteiger partial charge on any atom is -0.0616 e. The predicted octanol–water partition coefficient (Wildman–Crippen LogP) is 21.9. The fraction of sp³-hybridized carbons (Fsp3) is 0.139. The Kier molecular flexibility index (Phi) is 9.44. The Morgan fingerprint density at radius 3 is 1.14 bits per heavy atom. The van der Waals surface area contributed by atoms with Crippen molar-refractivity contribution >= 4 is 43.1 Å². The van der Waals surface area contributed by atoms with Crippen LogP contribution in [-0.4, -0.2) is 0 Å². The lowest BCUT2D eigenvalue weighted by molar-refractivity contribution is 0.591. The van der Waals surface area contributed by atoms with Crippen molar-refractivity contribution in [3.8, 4) is 100 Å². The van der Waals surface area contributed by atoms with Crippen LogP contribution in [0.4, 0.5) is 0 Å². The Bertz CT molecular complexity index is 4730. The molecule has 0 atom stereocenters. The summed E-state index contributed by atoms with van der Waals surface area (Å²) in [4.78, 5) is 0. The van der Waals surface area contributed by atoms with Crippen LogP contribution < -0.4 is 0 Å². The number of fused-ring (bicyclic) bond motifs is 9. The van der Waals surface area contributed by atoms with Gasteiger partial charge in [-0.15, -0.1) is 0 Å². The van der Waals surface area contributed by atoms with Crippen molar-refractivity contribution in [1.29, 1.82) is 0 Å². The van der Waals surface area contributed by atoms with Crippen molar-refractivity contribution in [3.63, 3.8) is 0 Å². The average molecular weight is 1010 g/mol. The molecule has 0 radical (unpaired) electrons. The molecule has 3 aliphatic rings. The SMILES string of the molecule is Cc1cc(-c2ccc(-c3ccc4c(c3)C(C)(C)c3cc(-c5ccc6c(c5)C(C)(C)c5cc(-c7ccc(-c8ccc9c%10c(cccc8%10)-c8ccccc8-9)cc7)ccc5-6)ccc3-4)cc2)c2ccc3cc(C(C)(C)C)cc4ccc1c2c43. The summed E-state index contributed by atoms with van der Waals surface area (Å²) in [7, 11) is 0. The normalized spacial score (nSPS) is 14.3. The maximum absolute atomic E-state index is 2.48. The smallest absolute Gasteiger partial charge is 0.0159 e. The van der Waals surface area contributed by atoms with Crippen LogP contribution in [0.1, 0.15) is 81.8 Å². The molecule has 0 nitrogen and oxygen atoms in total. The van der Waals surface area contributed by atoms with Gasteiger partial charge in [-0.2, -0.15) is 0 Å². The monoisotopic (exact) mass is 1010 g/mol. The molecule has 0 bridgehead atoms. The Morgan fingerprint density at radius 2 is 0.646 bits per heavy atom. The molecule has 79 heavy (non-hydrogen) atoms. The molecule has 0 aromatic heterocycles. The van der Waals surface area contributed by atoms with E-state index in [1.54, 1.807) is 0 Å². The van der Waals surface area contributed by atoms with Gasteiger partial charge < -0.3 is 0 Å². The second-order valence-corrected chi connectivity index (χ2v) is 25.3. The van der Waals surface area contributed by atoms with Crippen molar-refractivity contribution in [1.82, 2.24) is 0 Å². The highest BCUT2D eigenvalue weighted by atomic mass is 14.4. The van der Waals surface area contributed by atoms with Crippen LogP contribution in [0.5, 0.6) is 0 Å². The largest absolute Gasteiger partial charge is 0.0616 e. The zero-order valence-corrected chi connectivity index (χ0v) is 46.3. The third-order valence-electron chi connectivity index (χ3n) is 19.1. The summed E-state index contributed by atoms with van der Waals surface area (Å²) >= 11 is 0. The van der Waals surface area contributed by atoms with E-state index in [-0.39, 0.29) is 16.2 Å². The number of aryl methyl sites for hydroxylation is 1. The molecule has 13 aromatic rings. The Balaban J connectivity index is 0.670. The predicted molar refractivity (Wildman–Crippen MR) is 338 cm³/mol. The molecule has 0 N–H and O–H groups in total. The first-order chi connectivity index (χ1) is 38.2. The quantitative estimate of drug-likeness (QED) is 0.151. The molecular weight excluding hydrogens is 949 g/mol. The van der Waals surface area contributed by atoms with Crippen molar-refractivity contribution in [2.45, 2.75) is 71.6 Å². The highest BCUT2D eigenvalue weighted by Gasteiger charge is 2.38. The van der Waals surface area contributed by atoms with Gasteiger partial charge in [0.05, 0.1) is 0 Å². The summed E-state index contributed by atoms with van der Waals surface area (Å²) in [5, 5.41) is 10.8. The molecule has 0 spiro atoms. The molecule has 0 fully saturated rings. The molecule has 16 rings (SSSR count). The van der Waals surface area contributed by atoms with Gasteiger partial charge in [-0.05, 0) is 213 Å². The summed E-state index contributed by atoms with van der Waals surface area (Å²) in [5.74, 6) is 0. The average Bonchev–Trinajstić information content (AvgIpc) is 3.97.